The van der Waals surface area contributed by atoms with Crippen molar-refractivity contribution >= 4 is 23.6 Å². The molecule has 1 heterocycles. The maximum atomic E-state index is 13.2. The van der Waals surface area contributed by atoms with Gasteiger partial charge in [0.25, 0.3) is 0 Å². The van der Waals surface area contributed by atoms with Gasteiger partial charge in [-0.3, -0.25) is 9.59 Å². The van der Waals surface area contributed by atoms with E-state index >= 15 is 0 Å². The zero-order valence-electron chi connectivity index (χ0n) is 16.2. The van der Waals surface area contributed by atoms with Crippen LogP contribution in [0.15, 0.2) is 53.4 Å². The molecule has 0 radical (unpaired) electrons. The number of halogens is 2. The van der Waals surface area contributed by atoms with Crippen molar-refractivity contribution in [2.45, 2.75) is 24.2 Å². The Morgan fingerprint density at radius 3 is 2.17 bits per heavy atom. The van der Waals surface area contributed by atoms with Gasteiger partial charge in [0.2, 0.25) is 11.8 Å². The third kappa shape index (κ3) is 6.29. The molecule has 0 unspecified atom stereocenters. The summed E-state index contributed by atoms with van der Waals surface area (Å²) in [4.78, 5) is 28.8. The molecule has 2 amide bonds. The summed E-state index contributed by atoms with van der Waals surface area (Å²) >= 11 is 1.18. The maximum Gasteiger partial charge on any atom is 0.233 e. The van der Waals surface area contributed by atoms with E-state index in [1.54, 1.807) is 4.90 Å². The molecule has 0 N–H and O–H groups in total. The van der Waals surface area contributed by atoms with Crippen LogP contribution in [0, 0.1) is 11.6 Å². The van der Waals surface area contributed by atoms with Crippen LogP contribution in [0.4, 0.5) is 8.78 Å². The van der Waals surface area contributed by atoms with Crippen LogP contribution in [-0.2, 0) is 16.0 Å². The van der Waals surface area contributed by atoms with Crippen LogP contribution in [0.1, 0.15) is 18.4 Å². The highest BCUT2D eigenvalue weighted by molar-refractivity contribution is 8.00. The molecule has 2 aromatic rings. The highest BCUT2D eigenvalue weighted by atomic mass is 32.2. The molecule has 1 saturated heterocycles. The van der Waals surface area contributed by atoms with Gasteiger partial charge in [-0.2, -0.15) is 0 Å². The monoisotopic (exact) mass is 418 g/mol. The Kier molecular flexibility index (Phi) is 7.63. The van der Waals surface area contributed by atoms with Gasteiger partial charge in [0.15, 0.2) is 11.6 Å². The Bertz CT molecular complexity index is 840. The number of carbonyl (C=O) groups is 2. The first-order valence-electron chi connectivity index (χ1n) is 9.70. The number of piperazine rings is 1. The molecular weight excluding hydrogens is 394 g/mol. The third-order valence-electron chi connectivity index (χ3n) is 4.94. The van der Waals surface area contributed by atoms with Crippen molar-refractivity contribution in [3.05, 3.63) is 65.7 Å². The predicted octanol–water partition coefficient (Wildman–Crippen LogP) is 3.75. The summed E-state index contributed by atoms with van der Waals surface area (Å²) in [5, 5.41) is 0. The van der Waals surface area contributed by atoms with E-state index in [1.165, 1.54) is 23.4 Å². The normalized spacial score (nSPS) is 14.1. The number of amides is 2. The number of rotatable bonds is 7. The molecule has 2 aromatic carbocycles. The summed E-state index contributed by atoms with van der Waals surface area (Å²) in [5.41, 5.74) is 1.23. The summed E-state index contributed by atoms with van der Waals surface area (Å²) < 4.78 is 26.2. The van der Waals surface area contributed by atoms with Gasteiger partial charge < -0.3 is 9.80 Å². The Labute approximate surface area is 173 Å². The van der Waals surface area contributed by atoms with Crippen molar-refractivity contribution in [3.63, 3.8) is 0 Å². The van der Waals surface area contributed by atoms with Gasteiger partial charge in [-0.1, -0.05) is 30.3 Å². The molecule has 1 fully saturated rings. The summed E-state index contributed by atoms with van der Waals surface area (Å²) in [6.45, 7) is 2.07. The third-order valence-corrected chi connectivity index (χ3v) is 5.92. The van der Waals surface area contributed by atoms with Gasteiger partial charge in [-0.05, 0) is 36.6 Å². The van der Waals surface area contributed by atoms with Gasteiger partial charge in [0, 0.05) is 37.5 Å². The minimum Gasteiger partial charge on any atom is -0.339 e. The lowest BCUT2D eigenvalue weighted by Crippen LogP contribution is -2.51. The molecule has 1 aliphatic heterocycles. The van der Waals surface area contributed by atoms with Crippen LogP contribution >= 0.6 is 11.8 Å². The van der Waals surface area contributed by atoms with Gasteiger partial charge in [0.1, 0.15) is 0 Å². The van der Waals surface area contributed by atoms with Crippen LogP contribution in [0.25, 0.3) is 0 Å². The van der Waals surface area contributed by atoms with Crippen molar-refractivity contribution in [1.29, 1.82) is 0 Å². The predicted molar refractivity (Wildman–Crippen MR) is 110 cm³/mol. The number of thioether (sulfide) groups is 1. The summed E-state index contributed by atoms with van der Waals surface area (Å²) in [6, 6.07) is 13.7. The highest BCUT2D eigenvalue weighted by Gasteiger charge is 2.23. The largest absolute Gasteiger partial charge is 0.339 e. The number of nitrogens with zero attached hydrogens (tertiary/aromatic N) is 2. The Morgan fingerprint density at radius 2 is 1.52 bits per heavy atom. The molecule has 1 aliphatic rings. The van der Waals surface area contributed by atoms with Crippen LogP contribution in [0.3, 0.4) is 0 Å². The van der Waals surface area contributed by atoms with E-state index in [2.05, 4.69) is 12.1 Å². The van der Waals surface area contributed by atoms with Crippen molar-refractivity contribution < 1.29 is 18.4 Å². The second-order valence-electron chi connectivity index (χ2n) is 6.97. The molecule has 0 spiro atoms. The fourth-order valence-electron chi connectivity index (χ4n) is 3.25. The van der Waals surface area contributed by atoms with Crippen molar-refractivity contribution in [1.82, 2.24) is 9.80 Å². The van der Waals surface area contributed by atoms with E-state index in [9.17, 15) is 18.4 Å². The van der Waals surface area contributed by atoms with Crippen LogP contribution in [0.2, 0.25) is 0 Å². The Balaban J connectivity index is 1.37. The number of aryl methyl sites for hydroxylation is 1. The molecule has 3 rings (SSSR count). The first-order chi connectivity index (χ1) is 14.0. The van der Waals surface area contributed by atoms with E-state index < -0.39 is 11.6 Å². The lowest BCUT2D eigenvalue weighted by molar-refractivity contribution is -0.138. The average molecular weight is 419 g/mol. The summed E-state index contributed by atoms with van der Waals surface area (Å²) in [5.74, 6) is -1.58. The molecule has 154 valence electrons. The standard InChI is InChI=1S/C22H24F2N2O2S/c23-19-10-9-18(15-20(19)24)29-16-22(28)26-13-11-25(12-14-26)21(27)8-4-7-17-5-2-1-3-6-17/h1-3,5-6,9-10,15H,4,7-8,11-14,16H2. The van der Waals surface area contributed by atoms with E-state index in [0.717, 1.165) is 25.0 Å². The zero-order valence-corrected chi connectivity index (χ0v) is 17.0. The second-order valence-corrected chi connectivity index (χ2v) is 8.01. The number of benzene rings is 2. The average Bonchev–Trinajstić information content (AvgIpc) is 2.75. The van der Waals surface area contributed by atoms with Crippen LogP contribution in [0.5, 0.6) is 0 Å². The molecule has 0 atom stereocenters. The Hall–Kier alpha value is -2.41. The molecule has 0 aliphatic carbocycles. The van der Waals surface area contributed by atoms with Gasteiger partial charge >= 0.3 is 0 Å². The Morgan fingerprint density at radius 1 is 0.862 bits per heavy atom. The SMILES string of the molecule is O=C(CCCc1ccccc1)N1CCN(C(=O)CSc2ccc(F)c(F)c2)CC1. The second kappa shape index (κ2) is 10.4. The molecule has 29 heavy (non-hydrogen) atoms. The molecule has 7 heteroatoms. The van der Waals surface area contributed by atoms with Gasteiger partial charge in [-0.25, -0.2) is 8.78 Å². The smallest absolute Gasteiger partial charge is 0.233 e. The number of carbonyl (C=O) groups excluding carboxylic acids is 2. The molecular formula is C22H24F2N2O2S. The fourth-order valence-corrected chi connectivity index (χ4v) is 4.08. The van der Waals surface area contributed by atoms with E-state index in [-0.39, 0.29) is 17.6 Å². The van der Waals surface area contributed by atoms with Gasteiger partial charge in [0.05, 0.1) is 5.75 Å². The topological polar surface area (TPSA) is 40.6 Å². The number of hydrogen-bond acceptors (Lipinski definition) is 3. The highest BCUT2D eigenvalue weighted by Crippen LogP contribution is 2.21. The maximum absolute atomic E-state index is 13.2. The fraction of sp³-hybridized carbons (Fsp3) is 0.364. The van der Waals surface area contributed by atoms with Crippen LogP contribution in [-0.4, -0.2) is 53.5 Å². The molecule has 0 aromatic heterocycles. The van der Waals surface area contributed by atoms with E-state index in [0.29, 0.717) is 37.5 Å². The first-order valence-corrected chi connectivity index (χ1v) is 10.7. The zero-order chi connectivity index (χ0) is 20.6. The van der Waals surface area contributed by atoms with Gasteiger partial charge in [-0.15, -0.1) is 11.8 Å². The van der Waals surface area contributed by atoms with Crippen molar-refractivity contribution in [3.8, 4) is 0 Å². The summed E-state index contributed by atoms with van der Waals surface area (Å²) in [7, 11) is 0. The molecule has 0 bridgehead atoms. The lowest BCUT2D eigenvalue weighted by Gasteiger charge is -2.34. The number of hydrogen-bond donors (Lipinski definition) is 0. The van der Waals surface area contributed by atoms with E-state index in [1.807, 2.05) is 23.1 Å². The first kappa shape index (κ1) is 21.3. The van der Waals surface area contributed by atoms with E-state index in [4.69, 9.17) is 0 Å². The quantitative estimate of drug-likeness (QED) is 0.643. The van der Waals surface area contributed by atoms with Crippen molar-refractivity contribution in [2.24, 2.45) is 0 Å². The minimum absolute atomic E-state index is 0.0593. The molecule has 4 nitrogen and oxygen atoms in total. The van der Waals surface area contributed by atoms with Crippen molar-refractivity contribution in [2.75, 3.05) is 31.9 Å². The molecule has 0 saturated carbocycles. The minimum atomic E-state index is -0.915. The lowest BCUT2D eigenvalue weighted by atomic mass is 10.1. The van der Waals surface area contributed by atoms with Crippen LogP contribution < -0.4 is 0 Å². The summed E-state index contributed by atoms with van der Waals surface area (Å²) in [6.07, 6.45) is 2.20.